The van der Waals surface area contributed by atoms with Crippen LogP contribution in [0.4, 0.5) is 0 Å². The van der Waals surface area contributed by atoms with Crippen LogP contribution in [0.15, 0.2) is 107 Å². The lowest BCUT2D eigenvalue weighted by molar-refractivity contribution is -0.143. The first-order valence-corrected chi connectivity index (χ1v) is 14.7. The number of aliphatic carboxylic acids is 2. The summed E-state index contributed by atoms with van der Waals surface area (Å²) >= 11 is 13.8. The summed E-state index contributed by atoms with van der Waals surface area (Å²) in [6.45, 7) is 0. The molecule has 6 rings (SSSR count). The van der Waals surface area contributed by atoms with Gasteiger partial charge in [-0.2, -0.15) is 10.2 Å². The van der Waals surface area contributed by atoms with Crippen molar-refractivity contribution in [2.45, 2.75) is 23.7 Å². The second-order valence-electron chi connectivity index (χ2n) is 11.2. The summed E-state index contributed by atoms with van der Waals surface area (Å²) in [5.41, 5.74) is 19.7. The first kappa shape index (κ1) is 28.2. The highest BCUT2D eigenvalue weighted by atomic mass is 35.5. The van der Waals surface area contributed by atoms with Crippen molar-refractivity contribution in [1.29, 1.82) is 11.0 Å². The number of nitrogens with two attached hydrogens (primary N) is 2. The Morgan fingerprint density at radius 2 is 1.07 bits per heavy atom. The zero-order valence-electron chi connectivity index (χ0n) is 25.9. The van der Waals surface area contributed by atoms with Gasteiger partial charge in [0.2, 0.25) is 2.82 Å². The summed E-state index contributed by atoms with van der Waals surface area (Å²) in [6.07, 6.45) is -0.376. The van der Waals surface area contributed by atoms with Gasteiger partial charge in [0.1, 0.15) is 10.8 Å². The van der Waals surface area contributed by atoms with E-state index in [2.05, 4.69) is 21.3 Å². The molecule has 12 heteroatoms. The number of fused-ring (bicyclic) bond motifs is 2. The molecular weight excluding hydrogens is 627 g/mol. The maximum atomic E-state index is 13.2. The number of carboxylic acid groups (broad SMARTS) is 2. The molecule has 0 radical (unpaired) electrons. The predicted molar refractivity (Wildman–Crippen MR) is 173 cm³/mol. The van der Waals surface area contributed by atoms with Crippen LogP contribution < -0.4 is 11.5 Å². The van der Waals surface area contributed by atoms with Gasteiger partial charge in [-0.15, -0.1) is 0 Å². The Labute approximate surface area is 275 Å². The molecule has 0 saturated carbocycles. The predicted octanol–water partition coefficient (Wildman–Crippen LogP) is 7.53. The third-order valence-corrected chi connectivity index (χ3v) is 9.63. The highest BCUT2D eigenvalue weighted by molar-refractivity contribution is 6.33. The lowest BCUT2D eigenvalue weighted by Gasteiger charge is -2.37. The molecule has 4 aromatic carbocycles. The summed E-state index contributed by atoms with van der Waals surface area (Å²) in [5, 5.41) is 29.4. The Hall–Kier alpha value is -5.32. The Morgan fingerprint density at radius 3 is 1.41 bits per heavy atom. The van der Waals surface area contributed by atoms with Crippen molar-refractivity contribution in [3.05, 3.63) is 140 Å². The molecule has 230 valence electrons. The highest BCUT2D eigenvalue weighted by Gasteiger charge is 2.50. The van der Waals surface area contributed by atoms with Crippen LogP contribution in [0.2, 0.25) is 12.9 Å². The van der Waals surface area contributed by atoms with E-state index in [-0.39, 0.29) is 56.8 Å². The molecule has 8 N–H and O–H groups in total. The second-order valence-corrected chi connectivity index (χ2v) is 12.0. The van der Waals surface area contributed by atoms with Gasteiger partial charge in [0.15, 0.2) is 0 Å². The van der Waals surface area contributed by atoms with Crippen LogP contribution in [0.3, 0.4) is 0 Å². The summed E-state index contributed by atoms with van der Waals surface area (Å²) in [7, 11) is 0. The normalized spacial score (nSPS) is 21.6. The summed E-state index contributed by atoms with van der Waals surface area (Å²) in [4.78, 5) is 26.3. The van der Waals surface area contributed by atoms with Crippen LogP contribution in [-0.4, -0.2) is 22.2 Å². The van der Waals surface area contributed by atoms with Gasteiger partial charge in [0.25, 0.3) is 0 Å². The maximum Gasteiger partial charge on any atom is 0.319 e. The van der Waals surface area contributed by atoms with E-state index in [1.165, 1.54) is 0 Å². The van der Waals surface area contributed by atoms with Gasteiger partial charge in [-0.25, -0.2) is 11.0 Å². The van der Waals surface area contributed by atoms with Crippen molar-refractivity contribution >= 4 is 46.5 Å². The van der Waals surface area contributed by atoms with Gasteiger partial charge >= 0.3 is 11.9 Å². The third-order valence-electron chi connectivity index (χ3n) is 9.00. The number of hydrogen-bond donors (Lipinski definition) is 6. The molecule has 46 heavy (non-hydrogen) atoms. The Kier molecular flexibility index (Phi) is 6.88. The van der Waals surface area contributed by atoms with Crippen LogP contribution in [0.1, 0.15) is 46.2 Å². The van der Waals surface area contributed by atoms with E-state index in [1.54, 1.807) is 84.9 Å². The van der Waals surface area contributed by atoms with Crippen LogP contribution in [0.5, 0.6) is 0 Å². The van der Waals surface area contributed by atoms with Crippen LogP contribution in [0, 0.1) is 11.0 Å². The molecule has 2 unspecified atom stereocenters. The van der Waals surface area contributed by atoms with E-state index in [0.29, 0.717) is 33.4 Å². The number of allylic oxidation sites excluding steroid dienone is 2. The van der Waals surface area contributed by atoms with Gasteiger partial charge in [0.05, 0.1) is 22.8 Å². The molecule has 0 aliphatic heterocycles. The molecule has 2 atom stereocenters. The van der Waals surface area contributed by atoms with Gasteiger partial charge in [-0.1, -0.05) is 96.0 Å². The van der Waals surface area contributed by atoms with Crippen LogP contribution in [-0.2, 0) is 20.4 Å². The number of rotatable bonds is 7. The molecular formula is C34H26Cl2N6O4. The smallest absolute Gasteiger partial charge is 0.319 e. The lowest BCUT2D eigenvalue weighted by atomic mass is 9.66. The third kappa shape index (κ3) is 4.33. The zero-order chi connectivity index (χ0) is 34.4. The first-order chi connectivity index (χ1) is 23.0. The molecule has 0 fully saturated rings. The van der Waals surface area contributed by atoms with Crippen LogP contribution >= 0.6 is 23.2 Å². The maximum absolute atomic E-state index is 13.2. The van der Waals surface area contributed by atoms with Gasteiger partial charge in [0, 0.05) is 34.0 Å². The Bertz CT molecular complexity index is 2000. The van der Waals surface area contributed by atoms with E-state index >= 15 is 0 Å². The van der Waals surface area contributed by atoms with E-state index in [9.17, 15) is 19.8 Å². The minimum atomic E-state index is -1.69. The number of benzene rings is 4. The van der Waals surface area contributed by atoms with Crippen LogP contribution in [0.25, 0.3) is 22.5 Å². The summed E-state index contributed by atoms with van der Waals surface area (Å²) in [5.74, 6) is -2.37. The molecule has 4 aromatic rings. The summed E-state index contributed by atoms with van der Waals surface area (Å²) in [6, 6.07) is 23.5. The van der Waals surface area contributed by atoms with Gasteiger partial charge in [-0.05, 0) is 45.5 Å². The number of carbonyl (C=O) groups is 2. The largest absolute Gasteiger partial charge is 0.480 e. The van der Waals surface area contributed by atoms with Crippen molar-refractivity contribution in [3.63, 3.8) is 0 Å². The minimum absolute atomic E-state index is 0.141. The molecule has 2 aliphatic carbocycles. The highest BCUT2D eigenvalue weighted by Crippen LogP contribution is 2.51. The minimum Gasteiger partial charge on any atom is -0.480 e. The molecule has 0 spiro atoms. The van der Waals surface area contributed by atoms with Crippen molar-refractivity contribution in [2.24, 2.45) is 21.7 Å². The molecule has 0 heterocycles. The number of carboxylic acids is 2. The van der Waals surface area contributed by atoms with Gasteiger partial charge in [-0.3, -0.25) is 9.59 Å². The van der Waals surface area contributed by atoms with E-state index < -0.39 is 22.8 Å². The SMILES string of the molecule is [H]/N=N/C1=C(N)c2ccccc2C(C(=O)O)(c2ccc(-c3ccc(C4(C(=O)O)CC(/N=N/[H])=C(N)c5ccccc54)c(Cl)c3)cc2Cl)C1. The molecule has 0 bridgehead atoms. The average Bonchev–Trinajstić information content (AvgIpc) is 3.07. The lowest BCUT2D eigenvalue weighted by Crippen LogP contribution is -2.41. The Balaban J connectivity index is 1.46. The van der Waals surface area contributed by atoms with Crippen molar-refractivity contribution < 1.29 is 22.6 Å². The standard InChI is InChI=1S/C34H26Cl2N6O4/c35-25-13-17(9-11-23(25)33(31(43)44)15-27(41-39)29(37)19-5-1-3-7-21(19)33)18-10-12-24(26(36)14-18)34(32(45)46)16-28(42-40)30(38)20-6-2-4-8-22(20)34/h1-14,39-40H,15-16,37-38H2,(H,43,44)(H,45,46)/b41-39+,42-40+. The number of nitrogens with zero attached hydrogens (tertiary/aromatic N) is 2. The molecule has 2 aliphatic rings. The monoisotopic (exact) mass is 652 g/mol. The fourth-order valence-electron chi connectivity index (χ4n) is 6.73. The van der Waals surface area contributed by atoms with Crippen molar-refractivity contribution in [1.82, 2.24) is 0 Å². The Morgan fingerprint density at radius 1 is 0.674 bits per heavy atom. The first-order valence-electron chi connectivity index (χ1n) is 14.8. The quantitative estimate of drug-likeness (QED) is 0.111. The molecule has 0 saturated heterocycles. The fraction of sp³-hybridized carbons (Fsp3) is 0.118. The van der Waals surface area contributed by atoms with Crippen molar-refractivity contribution in [2.75, 3.05) is 0 Å². The molecule has 10 nitrogen and oxygen atoms in total. The second kappa shape index (κ2) is 11.2. The number of halogens is 2. The fourth-order valence-corrected chi connectivity index (χ4v) is 7.41. The number of nitrogens with one attached hydrogen (secondary N) is 2. The number of hydrogen-bond acceptors (Lipinski definition) is 8. The molecule has 0 amide bonds. The van der Waals surface area contributed by atoms with E-state index in [4.69, 9.17) is 37.5 Å². The van der Waals surface area contributed by atoms with Crippen molar-refractivity contribution in [3.8, 4) is 11.1 Å². The topological polar surface area (TPSA) is 199 Å². The summed E-state index contributed by atoms with van der Waals surface area (Å²) < 4.78 is 14.5. The average molecular weight is 654 g/mol. The van der Waals surface area contributed by atoms with E-state index in [0.717, 1.165) is 0 Å². The molecule has 0 aromatic heterocycles. The zero-order valence-corrected chi connectivity index (χ0v) is 25.4. The van der Waals surface area contributed by atoms with E-state index in [1.807, 2.05) is 0 Å². The van der Waals surface area contributed by atoms with Gasteiger partial charge < -0.3 is 21.7 Å².